The molecule has 0 N–H and O–H groups in total. The quantitative estimate of drug-likeness (QED) is 0.795. The first kappa shape index (κ1) is 6.52. The third kappa shape index (κ3) is 1.27. The van der Waals surface area contributed by atoms with E-state index in [1.807, 2.05) is 0 Å². The van der Waals surface area contributed by atoms with Crippen molar-refractivity contribution >= 4 is 5.78 Å². The second-order valence-corrected chi connectivity index (χ2v) is 6.06. The molecule has 5 rings (SSSR count). The molecule has 1 unspecified atom stereocenters. The van der Waals surface area contributed by atoms with Crippen molar-refractivity contribution in [1.82, 2.24) is 4.90 Å². The number of Topliss-reactive ketones (excluding diaryl/α,β-unsaturated/α-hetero) is 1. The molecule has 22 heavy (non-hydrogen) atoms. The molecule has 4 heteroatoms. The van der Waals surface area contributed by atoms with Gasteiger partial charge in [0.2, 0.25) is 0 Å². The lowest BCUT2D eigenvalue weighted by molar-refractivity contribution is -0.138. The minimum absolute atomic E-state index is 0.0333. The molecule has 0 aromatic heterocycles. The Morgan fingerprint density at radius 2 is 2.50 bits per heavy atom. The van der Waals surface area contributed by atoms with E-state index in [1.165, 1.54) is 18.0 Å². The molecule has 2 fully saturated rings. The van der Waals surface area contributed by atoms with Crippen LogP contribution >= 0.6 is 0 Å². The minimum atomic E-state index is -2.91. The number of likely N-dealkylation sites (N-methyl/N-ethyl adjacent to an activating group) is 1. The standard InChI is InChI=1S/C18H21NO3/c1-19-8-7-18-11-4-5-13(20)17(18)22-16-14(21-2)6-3-10(15(16)18)9-12(11)19/h3,6,11-12,17H,4-5,7-9H2,1-2H3/t11-,12+,17?,18-/m0/s1/i2D3,5D2,9D2,11D,12D,17D. The summed E-state index contributed by atoms with van der Waals surface area (Å²) in [6.45, 7) is 0.0488. The summed E-state index contributed by atoms with van der Waals surface area (Å²) < 4.78 is 95.3. The maximum Gasteiger partial charge on any atom is 0.174 e. The smallest absolute Gasteiger partial charge is 0.174 e. The Labute approximate surface area is 144 Å². The summed E-state index contributed by atoms with van der Waals surface area (Å²) in [5, 5.41) is 0. The van der Waals surface area contributed by atoms with Crippen LogP contribution in [0.25, 0.3) is 0 Å². The highest BCUT2D eigenvalue weighted by molar-refractivity contribution is 5.89. The van der Waals surface area contributed by atoms with Crippen LogP contribution in [-0.4, -0.2) is 43.4 Å². The zero-order valence-electron chi connectivity index (χ0n) is 21.9. The predicted molar refractivity (Wildman–Crippen MR) is 81.6 cm³/mol. The fourth-order valence-corrected chi connectivity index (χ4v) is 4.16. The van der Waals surface area contributed by atoms with Crippen LogP contribution in [0.1, 0.15) is 44.0 Å². The molecule has 1 saturated carbocycles. The lowest BCUT2D eigenvalue weighted by Crippen LogP contribution is -2.65. The number of benzene rings is 1. The Kier molecular flexibility index (Phi) is 1.20. The van der Waals surface area contributed by atoms with E-state index in [4.69, 9.17) is 20.4 Å². The molecule has 0 amide bonds. The highest BCUT2D eigenvalue weighted by atomic mass is 16.5. The number of hydrogen-bond donors (Lipinski definition) is 0. The minimum Gasteiger partial charge on any atom is -0.493 e. The Morgan fingerprint density at radius 1 is 1.59 bits per heavy atom. The van der Waals surface area contributed by atoms with Gasteiger partial charge in [-0.3, -0.25) is 4.79 Å². The van der Waals surface area contributed by atoms with Gasteiger partial charge >= 0.3 is 0 Å². The first-order valence-electron chi connectivity index (χ1n) is 12.2. The van der Waals surface area contributed by atoms with Gasteiger partial charge in [-0.15, -0.1) is 0 Å². The largest absolute Gasteiger partial charge is 0.493 e. The van der Waals surface area contributed by atoms with E-state index in [0.29, 0.717) is 0 Å². The van der Waals surface area contributed by atoms with E-state index in [2.05, 4.69) is 0 Å². The number of nitrogens with zero attached hydrogens (tertiary/aromatic N) is 1. The average Bonchev–Trinajstić information content (AvgIpc) is 2.92. The van der Waals surface area contributed by atoms with Crippen molar-refractivity contribution in [3.05, 3.63) is 23.3 Å². The van der Waals surface area contributed by atoms with Crippen molar-refractivity contribution in [2.45, 2.75) is 43.1 Å². The molecule has 4 nitrogen and oxygen atoms in total. The van der Waals surface area contributed by atoms with Gasteiger partial charge < -0.3 is 14.4 Å². The molecule has 1 aromatic rings. The Balaban J connectivity index is 1.95. The number of ketones is 1. The van der Waals surface area contributed by atoms with Gasteiger partial charge in [-0.1, -0.05) is 6.07 Å². The molecule has 2 aliphatic heterocycles. The molecule has 2 aliphatic carbocycles. The highest BCUT2D eigenvalue weighted by Gasteiger charge is 2.65. The number of methoxy groups -OCH3 is 1. The van der Waals surface area contributed by atoms with Crippen LogP contribution in [0.4, 0.5) is 0 Å². The molecule has 1 aromatic carbocycles. The van der Waals surface area contributed by atoms with Crippen LogP contribution in [0.2, 0.25) is 0 Å². The predicted octanol–water partition coefficient (Wildman–Crippen LogP) is 1.93. The second-order valence-electron chi connectivity index (χ2n) is 6.06. The van der Waals surface area contributed by atoms with Crippen molar-refractivity contribution < 1.29 is 28.0 Å². The van der Waals surface area contributed by atoms with Crippen LogP contribution in [-0.2, 0) is 16.6 Å². The third-order valence-corrected chi connectivity index (χ3v) is 5.14. The SMILES string of the molecule is [2H]C([2H])([2H])Oc1ccc2c3c1OC1([2H])C(=O)C([2H])([2H])C[C@]4([2H])[C@@]31CCN(C)[C@]4([2H])C2([2H])[2H]. The number of likely N-dealkylation sites (tertiary alicyclic amines) is 1. The lowest BCUT2D eigenvalue weighted by atomic mass is 9.52. The van der Waals surface area contributed by atoms with Gasteiger partial charge in [0, 0.05) is 31.6 Å². The highest BCUT2D eigenvalue weighted by Crippen LogP contribution is 2.62. The van der Waals surface area contributed by atoms with Crippen molar-refractivity contribution in [2.75, 3.05) is 20.6 Å². The van der Waals surface area contributed by atoms with E-state index in [9.17, 15) is 7.54 Å². The monoisotopic (exact) mass is 309 g/mol. The number of ether oxygens (including phenoxy) is 2. The number of carbonyl (C=O) groups excluding carboxylic acids is 1. The Morgan fingerprint density at radius 3 is 3.36 bits per heavy atom. The van der Waals surface area contributed by atoms with Crippen LogP contribution in [0, 0.1) is 5.89 Å². The summed E-state index contributed by atoms with van der Waals surface area (Å²) in [6.07, 6.45) is -8.82. The molecule has 0 radical (unpaired) electrons. The van der Waals surface area contributed by atoms with Crippen LogP contribution in [0.15, 0.2) is 12.1 Å². The maximum atomic E-state index is 13.3. The van der Waals surface area contributed by atoms with Gasteiger partial charge in [0.05, 0.1) is 12.5 Å². The molecule has 2 heterocycles. The second kappa shape index (κ2) is 4.05. The maximum absolute atomic E-state index is 13.3. The topological polar surface area (TPSA) is 38.8 Å². The molecule has 4 aliphatic rings. The van der Waals surface area contributed by atoms with Crippen molar-refractivity contribution in [3.8, 4) is 11.5 Å². The Hall–Kier alpha value is -1.55. The first-order valence-corrected chi connectivity index (χ1v) is 7.23. The summed E-state index contributed by atoms with van der Waals surface area (Å²) in [4.78, 5) is 14.6. The summed E-state index contributed by atoms with van der Waals surface area (Å²) in [7, 11) is -1.44. The van der Waals surface area contributed by atoms with Crippen LogP contribution in [0.3, 0.4) is 0 Å². The van der Waals surface area contributed by atoms with E-state index in [-0.39, 0.29) is 35.6 Å². The number of carbonyl (C=O) groups is 1. The van der Waals surface area contributed by atoms with Crippen molar-refractivity contribution in [1.29, 1.82) is 0 Å². The normalized spacial score (nSPS) is 60.3. The summed E-state index contributed by atoms with van der Waals surface area (Å²) in [6, 6.07) is 0.0559. The zero-order valence-corrected chi connectivity index (χ0v) is 11.9. The Bertz CT molecular complexity index is 1080. The van der Waals surface area contributed by atoms with Crippen LogP contribution < -0.4 is 9.47 Å². The number of piperidine rings is 1. The molecule has 2 bridgehead atoms. The molecular formula is C18H21NO3. The van der Waals surface area contributed by atoms with Gasteiger partial charge in [0.25, 0.3) is 0 Å². The molecule has 116 valence electrons. The summed E-state index contributed by atoms with van der Waals surface area (Å²) in [5.74, 6) is -4.23. The fraction of sp³-hybridized carbons (Fsp3) is 0.611. The van der Waals surface area contributed by atoms with Crippen molar-refractivity contribution in [2.24, 2.45) is 5.89 Å². The van der Waals surface area contributed by atoms with E-state index in [1.54, 1.807) is 0 Å². The third-order valence-electron chi connectivity index (χ3n) is 5.14. The number of hydrogen-bond acceptors (Lipinski definition) is 4. The average molecular weight is 309 g/mol. The molecular weight excluding hydrogens is 278 g/mol. The summed E-state index contributed by atoms with van der Waals surface area (Å²) in [5.41, 5.74) is -2.00. The first-order chi connectivity index (χ1) is 14.4. The van der Waals surface area contributed by atoms with Gasteiger partial charge in [-0.05, 0) is 50.3 Å². The van der Waals surface area contributed by atoms with Crippen molar-refractivity contribution in [3.63, 3.8) is 0 Å². The fourth-order valence-electron chi connectivity index (χ4n) is 4.16. The zero-order chi connectivity index (χ0) is 23.9. The van der Waals surface area contributed by atoms with E-state index < -0.39 is 55.4 Å². The van der Waals surface area contributed by atoms with E-state index >= 15 is 0 Å². The van der Waals surface area contributed by atoms with Crippen LogP contribution in [0.5, 0.6) is 11.5 Å². The van der Waals surface area contributed by atoms with Gasteiger partial charge in [0.15, 0.2) is 23.4 Å². The lowest BCUT2D eigenvalue weighted by Gasteiger charge is -2.57. The van der Waals surface area contributed by atoms with E-state index in [0.717, 1.165) is 6.07 Å². The van der Waals surface area contributed by atoms with Gasteiger partial charge in [0.1, 0.15) is 0 Å². The van der Waals surface area contributed by atoms with Gasteiger partial charge in [-0.2, -0.15) is 0 Å². The molecule has 1 saturated heterocycles. The molecule has 1 spiro atoms. The summed E-state index contributed by atoms with van der Waals surface area (Å²) >= 11 is 0. The van der Waals surface area contributed by atoms with Gasteiger partial charge in [-0.25, -0.2) is 0 Å². The number of rotatable bonds is 1. The molecule has 4 atom stereocenters.